The zero-order valence-corrected chi connectivity index (χ0v) is 19.1. The van der Waals surface area contributed by atoms with Gasteiger partial charge in [-0.2, -0.15) is 0 Å². The molecule has 0 spiro atoms. The van der Waals surface area contributed by atoms with Gasteiger partial charge >= 0.3 is 0 Å². The van der Waals surface area contributed by atoms with E-state index in [4.69, 9.17) is 11.6 Å². The summed E-state index contributed by atoms with van der Waals surface area (Å²) < 4.78 is 26.1. The Balaban J connectivity index is 2.33. The third-order valence-electron chi connectivity index (χ3n) is 4.72. The summed E-state index contributed by atoms with van der Waals surface area (Å²) in [5, 5.41) is 3.48. The molecule has 5 nitrogen and oxygen atoms in total. The van der Waals surface area contributed by atoms with E-state index in [0.29, 0.717) is 16.6 Å². The van der Waals surface area contributed by atoms with Gasteiger partial charge in [0.1, 0.15) is 6.04 Å². The molecular formula is C22H29ClN2O3S. The monoisotopic (exact) mass is 436 g/mol. The fourth-order valence-electron chi connectivity index (χ4n) is 3.26. The summed E-state index contributed by atoms with van der Waals surface area (Å²) in [6.07, 6.45) is 1.84. The molecule has 0 aliphatic carbocycles. The van der Waals surface area contributed by atoms with Crippen LogP contribution >= 0.6 is 11.6 Å². The van der Waals surface area contributed by atoms with Crippen molar-refractivity contribution in [2.45, 2.75) is 46.2 Å². The topological polar surface area (TPSA) is 66.5 Å². The fraction of sp³-hybridized carbons (Fsp3) is 0.409. The second-order valence-electron chi connectivity index (χ2n) is 7.77. The maximum absolute atomic E-state index is 13.1. The van der Waals surface area contributed by atoms with Gasteiger partial charge in [0.2, 0.25) is 15.9 Å². The number of nitrogens with one attached hydrogen (secondary N) is 1. The summed E-state index contributed by atoms with van der Waals surface area (Å²) >= 11 is 6.19. The Kier molecular flexibility index (Phi) is 7.72. The van der Waals surface area contributed by atoms with Crippen molar-refractivity contribution in [3.8, 4) is 0 Å². The minimum absolute atomic E-state index is 0.200. The van der Waals surface area contributed by atoms with Crippen molar-refractivity contribution in [2.75, 3.05) is 10.6 Å². The largest absolute Gasteiger partial charge is 0.347 e. The molecule has 0 radical (unpaired) electrons. The molecule has 2 aromatic rings. The van der Waals surface area contributed by atoms with Gasteiger partial charge in [0.05, 0.1) is 18.0 Å². The Morgan fingerprint density at radius 1 is 1.10 bits per heavy atom. The Bertz CT molecular complexity index is 946. The second-order valence-corrected chi connectivity index (χ2v) is 10.0. The molecule has 2 aromatic carbocycles. The van der Waals surface area contributed by atoms with Crippen LogP contribution in [0.15, 0.2) is 48.5 Å². The number of rotatable bonds is 8. The van der Waals surface area contributed by atoms with Crippen LogP contribution in [0, 0.1) is 12.8 Å². The number of sulfonamides is 1. The van der Waals surface area contributed by atoms with Gasteiger partial charge in [-0.25, -0.2) is 8.42 Å². The average molecular weight is 437 g/mol. The van der Waals surface area contributed by atoms with Crippen molar-refractivity contribution in [3.63, 3.8) is 0 Å². The molecule has 0 saturated carbocycles. The molecule has 1 N–H and O–H groups in total. The molecule has 0 saturated heterocycles. The Morgan fingerprint density at radius 3 is 2.24 bits per heavy atom. The van der Waals surface area contributed by atoms with Crippen LogP contribution in [0.4, 0.5) is 5.69 Å². The molecule has 7 heteroatoms. The van der Waals surface area contributed by atoms with Crippen molar-refractivity contribution in [1.29, 1.82) is 0 Å². The van der Waals surface area contributed by atoms with Crippen LogP contribution < -0.4 is 9.62 Å². The molecule has 158 valence electrons. The first kappa shape index (κ1) is 23.2. The van der Waals surface area contributed by atoms with Gasteiger partial charge in [-0.3, -0.25) is 9.10 Å². The quantitative estimate of drug-likeness (QED) is 0.651. The number of anilines is 1. The van der Waals surface area contributed by atoms with E-state index >= 15 is 0 Å². The zero-order valence-electron chi connectivity index (χ0n) is 17.5. The van der Waals surface area contributed by atoms with Gasteiger partial charge in [-0.05, 0) is 49.4 Å². The van der Waals surface area contributed by atoms with Crippen molar-refractivity contribution >= 4 is 33.2 Å². The average Bonchev–Trinajstić information content (AvgIpc) is 2.63. The molecule has 29 heavy (non-hydrogen) atoms. The summed E-state index contributed by atoms with van der Waals surface area (Å²) in [7, 11) is -3.70. The van der Waals surface area contributed by atoms with Crippen molar-refractivity contribution in [1.82, 2.24) is 5.32 Å². The number of carbonyl (C=O) groups is 1. The number of hydrogen-bond acceptors (Lipinski definition) is 3. The Hall–Kier alpha value is -2.05. The fourth-order valence-corrected chi connectivity index (χ4v) is 4.60. The van der Waals surface area contributed by atoms with Crippen LogP contribution in [-0.4, -0.2) is 26.6 Å². The number of amides is 1. The minimum Gasteiger partial charge on any atom is -0.347 e. The number of halogens is 1. The first-order chi connectivity index (χ1) is 13.5. The standard InChI is InChI=1S/C22H29ClN2O3S/c1-15(2)13-21(18-9-7-6-8-10-18)24-22(26)17(4)25(29(5,27)28)19-12-11-16(3)20(23)14-19/h6-12,14-15,17,21H,13H2,1-5H3,(H,24,26)/t17-,21+/m1/s1. The van der Waals surface area contributed by atoms with Gasteiger partial charge in [0.25, 0.3) is 0 Å². The van der Waals surface area contributed by atoms with Gasteiger partial charge in [-0.1, -0.05) is 61.8 Å². The van der Waals surface area contributed by atoms with Gasteiger partial charge in [0, 0.05) is 5.02 Å². The molecule has 2 rings (SSSR count). The van der Waals surface area contributed by atoms with Gasteiger partial charge in [-0.15, -0.1) is 0 Å². The Labute approximate surface area is 179 Å². The highest BCUT2D eigenvalue weighted by molar-refractivity contribution is 7.92. The summed E-state index contributed by atoms with van der Waals surface area (Å²) in [5.41, 5.74) is 2.19. The van der Waals surface area contributed by atoms with Crippen molar-refractivity contribution < 1.29 is 13.2 Å². The third-order valence-corrected chi connectivity index (χ3v) is 6.37. The number of nitrogens with zero attached hydrogens (tertiary/aromatic N) is 1. The van der Waals surface area contributed by atoms with Crippen LogP contribution in [-0.2, 0) is 14.8 Å². The molecule has 0 aromatic heterocycles. The summed E-state index contributed by atoms with van der Waals surface area (Å²) in [6, 6.07) is 13.6. The maximum Gasteiger partial charge on any atom is 0.244 e. The van der Waals surface area contributed by atoms with E-state index in [9.17, 15) is 13.2 Å². The lowest BCUT2D eigenvalue weighted by atomic mass is 9.96. The predicted octanol–water partition coefficient (Wildman–Crippen LogP) is 4.71. The second kappa shape index (κ2) is 9.63. The van der Waals surface area contributed by atoms with Crippen LogP contribution in [0.3, 0.4) is 0 Å². The molecule has 0 fully saturated rings. The van der Waals surface area contributed by atoms with E-state index in [1.54, 1.807) is 25.1 Å². The lowest BCUT2D eigenvalue weighted by Gasteiger charge is -2.30. The summed E-state index contributed by atoms with van der Waals surface area (Å²) in [4.78, 5) is 13.1. The first-order valence-electron chi connectivity index (χ1n) is 9.61. The number of carbonyl (C=O) groups excluding carboxylic acids is 1. The van der Waals surface area contributed by atoms with Crippen LogP contribution in [0.25, 0.3) is 0 Å². The van der Waals surface area contributed by atoms with Crippen LogP contribution in [0.5, 0.6) is 0 Å². The molecule has 0 aliphatic heterocycles. The van der Waals surface area contributed by atoms with Crippen LogP contribution in [0.2, 0.25) is 5.02 Å². The highest BCUT2D eigenvalue weighted by atomic mass is 35.5. The molecular weight excluding hydrogens is 408 g/mol. The predicted molar refractivity (Wildman–Crippen MR) is 120 cm³/mol. The third kappa shape index (κ3) is 6.21. The number of benzene rings is 2. The van der Waals surface area contributed by atoms with Gasteiger partial charge in [0.15, 0.2) is 0 Å². The smallest absolute Gasteiger partial charge is 0.244 e. The van der Waals surface area contributed by atoms with Crippen molar-refractivity contribution in [2.24, 2.45) is 5.92 Å². The zero-order chi connectivity index (χ0) is 21.8. The molecule has 1 amide bonds. The molecule has 0 heterocycles. The molecule has 0 bridgehead atoms. The lowest BCUT2D eigenvalue weighted by Crippen LogP contribution is -2.48. The van der Waals surface area contributed by atoms with Crippen LogP contribution in [0.1, 0.15) is 44.4 Å². The van der Waals surface area contributed by atoms with Crippen molar-refractivity contribution in [3.05, 3.63) is 64.7 Å². The highest BCUT2D eigenvalue weighted by Crippen LogP contribution is 2.27. The lowest BCUT2D eigenvalue weighted by molar-refractivity contribution is -0.122. The molecule has 0 unspecified atom stereocenters. The minimum atomic E-state index is -3.70. The van der Waals surface area contributed by atoms with E-state index in [1.807, 2.05) is 37.3 Å². The SMILES string of the molecule is Cc1ccc(N([C@H](C)C(=O)N[C@@H](CC(C)C)c2ccccc2)S(C)(=O)=O)cc1Cl. The number of aryl methyl sites for hydroxylation is 1. The number of hydrogen-bond donors (Lipinski definition) is 1. The van der Waals surface area contributed by atoms with E-state index in [1.165, 1.54) is 0 Å². The highest BCUT2D eigenvalue weighted by Gasteiger charge is 2.31. The normalized spacial score (nSPS) is 13.8. The van der Waals surface area contributed by atoms with E-state index in [0.717, 1.165) is 28.1 Å². The maximum atomic E-state index is 13.1. The molecule has 0 aliphatic rings. The van der Waals surface area contributed by atoms with Gasteiger partial charge < -0.3 is 5.32 Å². The van der Waals surface area contributed by atoms with E-state index in [-0.39, 0.29) is 11.9 Å². The van der Waals surface area contributed by atoms with E-state index in [2.05, 4.69) is 19.2 Å². The Morgan fingerprint density at radius 2 is 1.72 bits per heavy atom. The molecule has 2 atom stereocenters. The summed E-state index contributed by atoms with van der Waals surface area (Å²) in [5.74, 6) is -0.000598. The summed E-state index contributed by atoms with van der Waals surface area (Å²) in [6.45, 7) is 7.59. The first-order valence-corrected chi connectivity index (χ1v) is 11.8. The van der Waals surface area contributed by atoms with E-state index < -0.39 is 16.1 Å².